The second-order valence-electron chi connectivity index (χ2n) is 4.87. The molecule has 0 aliphatic carbocycles. The fourth-order valence-electron chi connectivity index (χ4n) is 1.89. The minimum Gasteiger partial charge on any atom is -0.549 e. The van der Waals surface area contributed by atoms with E-state index in [0.29, 0.717) is 6.42 Å². The summed E-state index contributed by atoms with van der Waals surface area (Å²) in [7, 11) is 0. The van der Waals surface area contributed by atoms with Crippen molar-refractivity contribution in [1.29, 1.82) is 0 Å². The molecule has 0 aromatic rings. The monoisotopic (exact) mass is 274 g/mol. The molecule has 0 aliphatic heterocycles. The molecular weight excluding hydrogens is 254 g/mol. The maximum absolute atomic E-state index is 10.7. The molecule has 0 atom stereocenters. The van der Waals surface area contributed by atoms with Crippen LogP contribution in [0.4, 0.5) is 0 Å². The topological polar surface area (TPSA) is 80.3 Å². The van der Waals surface area contributed by atoms with Gasteiger partial charge in [-0.3, -0.25) is 0 Å². The Morgan fingerprint density at radius 1 is 1.06 bits per heavy atom. The van der Waals surface area contributed by atoms with Crippen LogP contribution in [0.3, 0.4) is 0 Å². The molecule has 18 heavy (non-hydrogen) atoms. The summed E-state index contributed by atoms with van der Waals surface area (Å²) in [6.07, 6.45) is 4.55. The van der Waals surface area contributed by atoms with Crippen LogP contribution in [0.5, 0.6) is 0 Å². The van der Waals surface area contributed by atoms with Crippen LogP contribution in [0.1, 0.15) is 52.9 Å². The van der Waals surface area contributed by atoms with Crippen molar-refractivity contribution in [1.82, 2.24) is 0 Å². The van der Waals surface area contributed by atoms with Crippen molar-refractivity contribution in [2.45, 2.75) is 52.9 Å². The molecule has 0 bridgehead atoms. The van der Waals surface area contributed by atoms with E-state index in [1.807, 2.05) is 0 Å². The molecule has 4 nitrogen and oxygen atoms in total. The van der Waals surface area contributed by atoms with Gasteiger partial charge in [0.05, 0.1) is 11.9 Å². The van der Waals surface area contributed by atoms with E-state index in [1.54, 1.807) is 13.8 Å². The first-order valence-corrected chi connectivity index (χ1v) is 5.74. The van der Waals surface area contributed by atoms with Crippen molar-refractivity contribution in [2.24, 2.45) is 11.3 Å². The van der Waals surface area contributed by atoms with Crippen molar-refractivity contribution < 1.29 is 90.0 Å². The number of carbonyl (C=O) groups is 2. The summed E-state index contributed by atoms with van der Waals surface area (Å²) in [5.41, 5.74) is -0.814. The summed E-state index contributed by atoms with van der Waals surface area (Å²) in [6, 6.07) is 0. The number of carbonyl (C=O) groups excluding carboxylic acids is 2. The Hall–Kier alpha value is 1.17. The van der Waals surface area contributed by atoms with E-state index in [-0.39, 0.29) is 70.2 Å². The largest absolute Gasteiger partial charge is 1.00 e. The van der Waals surface area contributed by atoms with E-state index in [2.05, 4.69) is 6.92 Å². The predicted molar refractivity (Wildman–Crippen MR) is 56.0 cm³/mol. The van der Waals surface area contributed by atoms with Crippen molar-refractivity contribution in [3.63, 3.8) is 0 Å². The van der Waals surface area contributed by atoms with E-state index >= 15 is 0 Å². The Morgan fingerprint density at radius 2 is 1.50 bits per heavy atom. The Morgan fingerprint density at radius 3 is 1.83 bits per heavy atom. The van der Waals surface area contributed by atoms with Gasteiger partial charge in [0.2, 0.25) is 0 Å². The molecule has 0 amide bonds. The Balaban J connectivity index is -0.00000112. The predicted octanol–water partition coefficient (Wildman–Crippen LogP) is -5.89. The van der Waals surface area contributed by atoms with Crippen LogP contribution in [-0.4, -0.2) is 11.9 Å². The average molecular weight is 274 g/mol. The molecule has 0 spiro atoms. The van der Waals surface area contributed by atoms with Gasteiger partial charge in [-0.25, -0.2) is 0 Å². The molecule has 0 saturated heterocycles. The molecule has 0 saturated carbocycles. The Kier molecular flexibility index (Phi) is 16.1. The van der Waals surface area contributed by atoms with Gasteiger partial charge in [-0.1, -0.05) is 46.5 Å². The molecule has 0 aliphatic rings. The normalized spacial score (nSPS) is 10.4. The number of carboxylic acid groups (broad SMARTS) is 2. The maximum Gasteiger partial charge on any atom is 1.00 e. The van der Waals surface area contributed by atoms with E-state index in [1.165, 1.54) is 0 Å². The van der Waals surface area contributed by atoms with E-state index in [9.17, 15) is 19.8 Å². The fraction of sp³-hybridized carbons (Fsp3) is 0.833. The molecule has 0 fully saturated rings. The van der Waals surface area contributed by atoms with Gasteiger partial charge in [0.15, 0.2) is 0 Å². The minimum absolute atomic E-state index is 0. The van der Waals surface area contributed by atoms with Gasteiger partial charge in [0, 0.05) is 5.92 Å². The van der Waals surface area contributed by atoms with Crippen molar-refractivity contribution in [3.05, 3.63) is 0 Å². The van der Waals surface area contributed by atoms with Crippen molar-refractivity contribution in [3.8, 4) is 0 Å². The van der Waals surface area contributed by atoms with Crippen LogP contribution >= 0.6 is 0 Å². The summed E-state index contributed by atoms with van der Waals surface area (Å²) in [5, 5.41) is 21.5. The Bertz CT molecular complexity index is 242. The third-order valence-corrected chi connectivity index (χ3v) is 2.93. The smallest absolute Gasteiger partial charge is 0.549 e. The van der Waals surface area contributed by atoms with E-state index in [0.717, 1.165) is 25.7 Å². The van der Waals surface area contributed by atoms with Gasteiger partial charge < -0.3 is 19.8 Å². The molecule has 6 heteroatoms. The molecule has 0 aromatic heterocycles. The minimum atomic E-state index is -1.56. The van der Waals surface area contributed by atoms with Gasteiger partial charge >= 0.3 is 70.2 Å². The van der Waals surface area contributed by atoms with Crippen molar-refractivity contribution >= 4 is 11.9 Å². The standard InChI is InChI=1S/C12H22O4.K.Li/c1-4-5-6-7-8-12(2,3)9(10(13)14)11(15)16;;/h9H,4-8H2,1-3H3,(H,13,14)(H,15,16);;/q;2*+1/p-2. The molecule has 0 aromatic carbocycles. The van der Waals surface area contributed by atoms with Gasteiger partial charge in [-0.2, -0.15) is 0 Å². The maximum atomic E-state index is 10.7. The SMILES string of the molecule is CCCCCCC(C)(C)C(C(=O)[O-])C(=O)[O-].[K+].[Li+]. The molecule has 94 valence electrons. The molecule has 0 rings (SSSR count). The van der Waals surface area contributed by atoms with Crippen LogP contribution in [-0.2, 0) is 9.59 Å². The summed E-state index contributed by atoms with van der Waals surface area (Å²) >= 11 is 0. The molecule has 0 unspecified atom stereocenters. The van der Waals surface area contributed by atoms with Crippen LogP contribution in [0.15, 0.2) is 0 Å². The summed E-state index contributed by atoms with van der Waals surface area (Å²) in [4.78, 5) is 21.5. The zero-order valence-corrected chi connectivity index (χ0v) is 15.4. The van der Waals surface area contributed by atoms with E-state index in [4.69, 9.17) is 0 Å². The quantitative estimate of drug-likeness (QED) is 0.251. The molecule has 0 heterocycles. The van der Waals surface area contributed by atoms with Gasteiger partial charge in [0.1, 0.15) is 0 Å². The van der Waals surface area contributed by atoms with Crippen LogP contribution in [0.25, 0.3) is 0 Å². The summed E-state index contributed by atoms with van der Waals surface area (Å²) in [5.74, 6) is -4.64. The number of aliphatic carboxylic acids is 2. The zero-order chi connectivity index (χ0) is 12.8. The van der Waals surface area contributed by atoms with Gasteiger partial charge in [0.25, 0.3) is 0 Å². The van der Waals surface area contributed by atoms with Crippen LogP contribution < -0.4 is 80.5 Å². The fourth-order valence-corrected chi connectivity index (χ4v) is 1.89. The second-order valence-corrected chi connectivity index (χ2v) is 4.87. The van der Waals surface area contributed by atoms with Crippen LogP contribution in [0.2, 0.25) is 0 Å². The zero-order valence-electron chi connectivity index (χ0n) is 12.2. The number of carboxylic acids is 2. The first-order chi connectivity index (χ1) is 7.33. The summed E-state index contributed by atoms with van der Waals surface area (Å²) in [6.45, 7) is 5.35. The van der Waals surface area contributed by atoms with Crippen LogP contribution in [0, 0.1) is 11.3 Å². The number of hydrogen-bond donors (Lipinski definition) is 0. The van der Waals surface area contributed by atoms with Crippen molar-refractivity contribution in [2.75, 3.05) is 0 Å². The summed E-state index contributed by atoms with van der Waals surface area (Å²) < 4.78 is 0. The second kappa shape index (κ2) is 12.0. The third-order valence-electron chi connectivity index (χ3n) is 2.93. The number of unbranched alkanes of at least 4 members (excludes halogenated alkanes) is 3. The molecular formula is C12H20KLiO4. The van der Waals surface area contributed by atoms with Gasteiger partial charge in [-0.15, -0.1) is 0 Å². The first-order valence-electron chi connectivity index (χ1n) is 5.74. The first kappa shape index (κ1) is 24.2. The molecule has 0 radical (unpaired) electrons. The number of rotatable bonds is 8. The Labute approximate surface area is 164 Å². The number of hydrogen-bond acceptors (Lipinski definition) is 4. The van der Waals surface area contributed by atoms with E-state index < -0.39 is 23.3 Å². The third kappa shape index (κ3) is 9.14. The average Bonchev–Trinajstić information content (AvgIpc) is 2.10. The molecule has 0 N–H and O–H groups in total. The van der Waals surface area contributed by atoms with Gasteiger partial charge in [-0.05, 0) is 11.8 Å².